The van der Waals surface area contributed by atoms with Crippen LogP contribution in [0, 0.1) is 6.92 Å². The lowest BCUT2D eigenvalue weighted by atomic mass is 10.0. The van der Waals surface area contributed by atoms with E-state index >= 15 is 0 Å². The number of aryl methyl sites for hydroxylation is 1. The summed E-state index contributed by atoms with van der Waals surface area (Å²) in [5.74, 6) is 0. The van der Waals surface area contributed by atoms with Gasteiger partial charge in [0.2, 0.25) is 0 Å². The molecule has 1 aliphatic carbocycles. The Morgan fingerprint density at radius 2 is 2.19 bits per heavy atom. The average molecular weight is 303 g/mol. The lowest BCUT2D eigenvalue weighted by molar-refractivity contribution is 0.457. The summed E-state index contributed by atoms with van der Waals surface area (Å²) in [4.78, 5) is 0. The summed E-state index contributed by atoms with van der Waals surface area (Å²) >= 11 is 1.79. The zero-order chi connectivity index (χ0) is 14.7. The highest BCUT2D eigenvalue weighted by Crippen LogP contribution is 2.29. The number of aromatic nitrogens is 2. The SMILES string of the molecule is CCNC(Cc1ccn(C2CCCC2)n1)c1cscc1C. The van der Waals surface area contributed by atoms with Crippen molar-refractivity contribution in [3.8, 4) is 0 Å². The summed E-state index contributed by atoms with van der Waals surface area (Å²) in [5.41, 5.74) is 4.02. The third-order valence-electron chi connectivity index (χ3n) is 4.50. The van der Waals surface area contributed by atoms with E-state index in [1.807, 2.05) is 0 Å². The first-order valence-corrected chi connectivity index (χ1v) is 9.02. The maximum absolute atomic E-state index is 4.83. The summed E-state index contributed by atoms with van der Waals surface area (Å²) in [6.45, 7) is 5.36. The Balaban J connectivity index is 1.72. The molecule has 0 spiro atoms. The largest absolute Gasteiger partial charge is 0.310 e. The first kappa shape index (κ1) is 14.8. The Morgan fingerprint density at radius 3 is 2.86 bits per heavy atom. The van der Waals surface area contributed by atoms with Crippen molar-refractivity contribution in [3.63, 3.8) is 0 Å². The van der Waals surface area contributed by atoms with Crippen LogP contribution in [0.2, 0.25) is 0 Å². The Hall–Kier alpha value is -1.13. The minimum absolute atomic E-state index is 0.383. The first-order valence-electron chi connectivity index (χ1n) is 8.08. The molecule has 3 rings (SSSR count). The second kappa shape index (κ2) is 6.75. The van der Waals surface area contributed by atoms with Gasteiger partial charge in [0.05, 0.1) is 11.7 Å². The molecule has 0 aliphatic heterocycles. The molecule has 1 unspecified atom stereocenters. The molecule has 4 heteroatoms. The van der Waals surface area contributed by atoms with Crippen molar-refractivity contribution in [2.24, 2.45) is 0 Å². The van der Waals surface area contributed by atoms with E-state index in [1.54, 1.807) is 11.3 Å². The molecule has 0 amide bonds. The van der Waals surface area contributed by atoms with Gasteiger partial charge >= 0.3 is 0 Å². The maximum atomic E-state index is 4.83. The Bertz CT molecular complexity index is 566. The number of likely N-dealkylation sites (N-methyl/N-ethyl adjacent to an activating group) is 1. The van der Waals surface area contributed by atoms with Crippen molar-refractivity contribution in [1.29, 1.82) is 0 Å². The molecule has 0 saturated heterocycles. The molecule has 21 heavy (non-hydrogen) atoms. The van der Waals surface area contributed by atoms with Crippen LogP contribution >= 0.6 is 11.3 Å². The molecule has 0 bridgehead atoms. The molecule has 2 aromatic rings. The van der Waals surface area contributed by atoms with Gasteiger partial charge in [0, 0.05) is 18.7 Å². The molecular formula is C17H25N3S. The predicted molar refractivity (Wildman–Crippen MR) is 88.9 cm³/mol. The van der Waals surface area contributed by atoms with Crippen molar-refractivity contribution < 1.29 is 0 Å². The van der Waals surface area contributed by atoms with Crippen LogP contribution in [0.3, 0.4) is 0 Å². The molecule has 0 radical (unpaired) electrons. The molecule has 1 atom stereocenters. The van der Waals surface area contributed by atoms with Gasteiger partial charge in [-0.2, -0.15) is 16.4 Å². The standard InChI is InChI=1S/C17H25N3S/c1-3-18-17(16-12-21-11-13(16)2)10-14-8-9-20(19-14)15-6-4-5-7-15/h8-9,11-12,15,17-18H,3-7,10H2,1-2H3. The van der Waals surface area contributed by atoms with E-state index in [2.05, 4.69) is 46.9 Å². The van der Waals surface area contributed by atoms with Crippen LogP contribution in [0.4, 0.5) is 0 Å². The average Bonchev–Trinajstić information content (AvgIpc) is 3.18. The Labute approximate surface area is 131 Å². The minimum Gasteiger partial charge on any atom is -0.310 e. The molecule has 1 aliphatic rings. The molecule has 2 heterocycles. The lowest BCUT2D eigenvalue weighted by Crippen LogP contribution is -2.23. The van der Waals surface area contributed by atoms with E-state index in [0.717, 1.165) is 13.0 Å². The third-order valence-corrected chi connectivity index (χ3v) is 5.38. The molecule has 1 N–H and O–H groups in total. The van der Waals surface area contributed by atoms with Crippen molar-refractivity contribution in [3.05, 3.63) is 39.8 Å². The Kier molecular flexibility index (Phi) is 4.76. The summed E-state index contributed by atoms with van der Waals surface area (Å²) in [5, 5.41) is 13.0. The fourth-order valence-electron chi connectivity index (χ4n) is 3.33. The monoisotopic (exact) mass is 303 g/mol. The van der Waals surface area contributed by atoms with E-state index in [-0.39, 0.29) is 0 Å². The second-order valence-electron chi connectivity index (χ2n) is 6.05. The lowest BCUT2D eigenvalue weighted by Gasteiger charge is -2.17. The van der Waals surface area contributed by atoms with Crippen molar-refractivity contribution in [2.75, 3.05) is 6.54 Å². The van der Waals surface area contributed by atoms with Gasteiger partial charge in [0.25, 0.3) is 0 Å². The molecule has 1 fully saturated rings. The Morgan fingerprint density at radius 1 is 1.38 bits per heavy atom. The van der Waals surface area contributed by atoms with E-state index in [9.17, 15) is 0 Å². The quantitative estimate of drug-likeness (QED) is 0.864. The van der Waals surface area contributed by atoms with Gasteiger partial charge in [-0.25, -0.2) is 0 Å². The first-order chi connectivity index (χ1) is 10.3. The smallest absolute Gasteiger partial charge is 0.0643 e. The van der Waals surface area contributed by atoms with Gasteiger partial charge in [-0.15, -0.1) is 0 Å². The summed E-state index contributed by atoms with van der Waals surface area (Å²) in [6, 6.07) is 3.22. The molecule has 3 nitrogen and oxygen atoms in total. The minimum atomic E-state index is 0.383. The zero-order valence-electron chi connectivity index (χ0n) is 13.0. The van der Waals surface area contributed by atoms with Gasteiger partial charge in [-0.05, 0) is 54.3 Å². The third kappa shape index (κ3) is 3.38. The van der Waals surface area contributed by atoms with Gasteiger partial charge in [-0.1, -0.05) is 19.8 Å². The van der Waals surface area contributed by atoms with E-state index in [4.69, 9.17) is 5.10 Å². The molecule has 1 saturated carbocycles. The zero-order valence-corrected chi connectivity index (χ0v) is 13.8. The van der Waals surface area contributed by atoms with Crippen LogP contribution < -0.4 is 5.32 Å². The van der Waals surface area contributed by atoms with Crippen LogP contribution in [0.25, 0.3) is 0 Å². The van der Waals surface area contributed by atoms with Crippen LogP contribution in [-0.4, -0.2) is 16.3 Å². The fraction of sp³-hybridized carbons (Fsp3) is 0.588. The number of hydrogen-bond acceptors (Lipinski definition) is 3. The van der Waals surface area contributed by atoms with E-state index in [1.165, 1.54) is 42.5 Å². The summed E-state index contributed by atoms with van der Waals surface area (Å²) in [6.07, 6.45) is 8.45. The summed E-state index contributed by atoms with van der Waals surface area (Å²) < 4.78 is 2.20. The molecule has 0 aromatic carbocycles. The van der Waals surface area contributed by atoms with Crippen molar-refractivity contribution in [2.45, 2.75) is 58.0 Å². The maximum Gasteiger partial charge on any atom is 0.0643 e. The highest BCUT2D eigenvalue weighted by molar-refractivity contribution is 7.08. The van der Waals surface area contributed by atoms with Gasteiger partial charge in [0.15, 0.2) is 0 Å². The van der Waals surface area contributed by atoms with Crippen LogP contribution in [-0.2, 0) is 6.42 Å². The second-order valence-corrected chi connectivity index (χ2v) is 6.79. The van der Waals surface area contributed by atoms with Crippen LogP contribution in [0.15, 0.2) is 23.0 Å². The van der Waals surface area contributed by atoms with Gasteiger partial charge in [0.1, 0.15) is 0 Å². The molecule has 114 valence electrons. The number of thiophene rings is 1. The fourth-order valence-corrected chi connectivity index (χ4v) is 4.24. The number of hydrogen-bond donors (Lipinski definition) is 1. The van der Waals surface area contributed by atoms with E-state index < -0.39 is 0 Å². The molecule has 2 aromatic heterocycles. The predicted octanol–water partition coefficient (Wildman–Crippen LogP) is 4.26. The highest BCUT2D eigenvalue weighted by atomic mass is 32.1. The molecular weight excluding hydrogens is 278 g/mol. The highest BCUT2D eigenvalue weighted by Gasteiger charge is 2.19. The summed E-state index contributed by atoms with van der Waals surface area (Å²) in [7, 11) is 0. The van der Waals surface area contributed by atoms with Gasteiger partial charge < -0.3 is 5.32 Å². The number of rotatable bonds is 6. The van der Waals surface area contributed by atoms with Crippen LogP contribution in [0.5, 0.6) is 0 Å². The number of nitrogens with zero attached hydrogens (tertiary/aromatic N) is 2. The van der Waals surface area contributed by atoms with Crippen molar-refractivity contribution in [1.82, 2.24) is 15.1 Å². The number of nitrogens with one attached hydrogen (secondary N) is 1. The normalized spacial score (nSPS) is 17.4. The topological polar surface area (TPSA) is 29.9 Å². The van der Waals surface area contributed by atoms with Crippen LogP contribution in [0.1, 0.15) is 61.5 Å². The van der Waals surface area contributed by atoms with Gasteiger partial charge in [-0.3, -0.25) is 4.68 Å². The van der Waals surface area contributed by atoms with E-state index in [0.29, 0.717) is 12.1 Å². The van der Waals surface area contributed by atoms with Crippen molar-refractivity contribution >= 4 is 11.3 Å².